The van der Waals surface area contributed by atoms with Crippen LogP contribution in [0.4, 0.5) is 10.1 Å². The van der Waals surface area contributed by atoms with Gasteiger partial charge in [0, 0.05) is 44.8 Å². The van der Waals surface area contributed by atoms with Gasteiger partial charge in [0.05, 0.1) is 12.2 Å². The van der Waals surface area contributed by atoms with Crippen LogP contribution in [0.25, 0.3) is 0 Å². The lowest BCUT2D eigenvalue weighted by Gasteiger charge is -2.62. The quantitative estimate of drug-likeness (QED) is 0.386. The number of rotatable bonds is 6. The van der Waals surface area contributed by atoms with Gasteiger partial charge in [-0.15, -0.1) is 0 Å². The SMILES string of the molecule is CNc1cccc(Sc2ccc([C@@H]3O[C@@H]4C[C@H]5[C@@H]6CCC7=CC(=O)C=C[C@]7(C)[C@@]6(F)[C@@H](O)C[C@]5(C)[C@]4(C(=O)CO)O3)cc2)c1. The number of aliphatic hydroxyl groups excluding tert-OH is 2. The number of Topliss-reactive ketones (excluding diaryl/α,β-unsaturated/α-hetero) is 1. The molecule has 2 aromatic rings. The monoisotopic (exact) mass is 619 g/mol. The van der Waals surface area contributed by atoms with E-state index < -0.39 is 58.9 Å². The molecule has 3 saturated carbocycles. The van der Waals surface area contributed by atoms with Gasteiger partial charge in [-0.25, -0.2) is 4.39 Å². The second-order valence-corrected chi connectivity index (χ2v) is 14.5. The van der Waals surface area contributed by atoms with Crippen molar-refractivity contribution >= 4 is 29.0 Å². The standard InChI is InChI=1S/C35H38FNO6S/c1-32-14-13-23(39)15-21(32)9-12-26-27-17-30-35(29(41)19-38,33(27,2)18-28(40)34(26,32)36)43-31(42-30)20-7-10-24(11-8-20)44-25-6-4-5-22(16-25)37-3/h4-8,10-11,13-16,26-28,30-31,37-38,40H,9,12,17-19H2,1-3H3/t26-,27-,28-,30+,31+,32-,33-,34-,35+/m0/s1. The van der Waals surface area contributed by atoms with Crippen molar-refractivity contribution in [3.05, 3.63) is 77.9 Å². The molecule has 1 saturated heterocycles. The average molecular weight is 620 g/mol. The minimum absolute atomic E-state index is 0.0328. The molecular formula is C35H38FNO6S. The Bertz CT molecular complexity index is 1580. The Morgan fingerprint density at radius 3 is 2.64 bits per heavy atom. The van der Waals surface area contributed by atoms with Crippen LogP contribution in [0, 0.1) is 22.7 Å². The molecule has 0 bridgehead atoms. The van der Waals surface area contributed by atoms with Crippen LogP contribution in [0.5, 0.6) is 0 Å². The van der Waals surface area contributed by atoms with Crippen LogP contribution in [0.15, 0.2) is 82.1 Å². The van der Waals surface area contributed by atoms with Crippen LogP contribution >= 0.6 is 11.8 Å². The van der Waals surface area contributed by atoms with Crippen molar-refractivity contribution in [2.45, 2.75) is 79.1 Å². The fourth-order valence-electron chi connectivity index (χ4n) is 9.27. The lowest BCUT2D eigenvalue weighted by atomic mass is 9.44. The molecule has 0 unspecified atom stereocenters. The number of carbonyl (C=O) groups excluding carboxylic acids is 2. The van der Waals surface area contributed by atoms with Gasteiger partial charge in [0.25, 0.3) is 0 Å². The number of anilines is 1. The summed E-state index contributed by atoms with van der Waals surface area (Å²) in [4.78, 5) is 28.0. The number of hydrogen-bond acceptors (Lipinski definition) is 8. The van der Waals surface area contributed by atoms with Gasteiger partial charge in [0.15, 0.2) is 29.1 Å². The smallest absolute Gasteiger partial charge is 0.193 e. The maximum Gasteiger partial charge on any atom is 0.193 e. The highest BCUT2D eigenvalue weighted by atomic mass is 32.2. The predicted octanol–water partition coefficient (Wildman–Crippen LogP) is 5.57. The Labute approximate surface area is 260 Å². The molecule has 4 fully saturated rings. The van der Waals surface area contributed by atoms with Crippen LogP contribution < -0.4 is 5.32 Å². The van der Waals surface area contributed by atoms with Crippen LogP contribution in [0.3, 0.4) is 0 Å². The molecule has 1 heterocycles. The number of ketones is 2. The van der Waals surface area contributed by atoms with E-state index in [1.165, 1.54) is 12.2 Å². The van der Waals surface area contributed by atoms with Gasteiger partial charge in [-0.1, -0.05) is 48.5 Å². The number of ether oxygens (including phenoxy) is 2. The van der Waals surface area contributed by atoms with Crippen LogP contribution in [0.1, 0.15) is 51.4 Å². The predicted molar refractivity (Wildman–Crippen MR) is 164 cm³/mol. The van der Waals surface area contributed by atoms with Gasteiger partial charge in [-0.2, -0.15) is 0 Å². The summed E-state index contributed by atoms with van der Waals surface area (Å²) < 4.78 is 30.7. The lowest BCUT2D eigenvalue weighted by molar-refractivity contribution is -0.231. The number of halogens is 1. The summed E-state index contributed by atoms with van der Waals surface area (Å²) in [5.74, 6) is -1.60. The third-order valence-electron chi connectivity index (χ3n) is 11.5. The number of alkyl halides is 1. The number of nitrogens with one attached hydrogen (secondary N) is 1. The summed E-state index contributed by atoms with van der Waals surface area (Å²) in [7, 11) is 1.88. The number of hydrogen-bond donors (Lipinski definition) is 3. The topological polar surface area (TPSA) is 105 Å². The molecule has 4 aliphatic carbocycles. The summed E-state index contributed by atoms with van der Waals surface area (Å²) in [6.45, 7) is 2.92. The number of fused-ring (bicyclic) bond motifs is 7. The van der Waals surface area contributed by atoms with E-state index in [0.717, 1.165) is 21.0 Å². The fraction of sp³-hybridized carbons (Fsp3) is 0.486. The van der Waals surface area contributed by atoms with Gasteiger partial charge in [0.1, 0.15) is 6.61 Å². The van der Waals surface area contributed by atoms with E-state index in [4.69, 9.17) is 9.47 Å². The zero-order chi connectivity index (χ0) is 31.1. The van der Waals surface area contributed by atoms with Gasteiger partial charge in [-0.05, 0) is 81.0 Å². The molecule has 232 valence electrons. The summed E-state index contributed by atoms with van der Waals surface area (Å²) in [5, 5.41) is 25.1. The Balaban J connectivity index is 1.18. The third kappa shape index (κ3) is 3.95. The summed E-state index contributed by atoms with van der Waals surface area (Å²) in [6, 6.07) is 15.9. The Morgan fingerprint density at radius 2 is 1.91 bits per heavy atom. The maximum atomic E-state index is 17.6. The summed E-state index contributed by atoms with van der Waals surface area (Å²) in [5.41, 5.74) is -3.20. The van der Waals surface area contributed by atoms with Crippen molar-refractivity contribution in [1.82, 2.24) is 0 Å². The highest BCUT2D eigenvalue weighted by Gasteiger charge is 2.79. The summed E-state index contributed by atoms with van der Waals surface area (Å²) in [6.07, 6.45) is 2.87. The number of allylic oxidation sites excluding steroid dienone is 4. The van der Waals surface area contributed by atoms with Crippen molar-refractivity contribution in [1.29, 1.82) is 0 Å². The first kappa shape index (κ1) is 29.9. The van der Waals surface area contributed by atoms with Crippen LogP contribution in [-0.4, -0.2) is 58.9 Å². The molecule has 0 spiro atoms. The first-order chi connectivity index (χ1) is 21.0. The van der Waals surface area contributed by atoms with Crippen molar-refractivity contribution in [3.63, 3.8) is 0 Å². The number of aliphatic hydroxyl groups is 2. The molecule has 0 radical (unpaired) electrons. The third-order valence-corrected chi connectivity index (χ3v) is 12.4. The number of carbonyl (C=O) groups is 2. The molecule has 3 N–H and O–H groups in total. The van der Waals surface area contributed by atoms with E-state index in [2.05, 4.69) is 11.4 Å². The molecule has 1 aliphatic heterocycles. The van der Waals surface area contributed by atoms with Crippen LogP contribution in [0.2, 0.25) is 0 Å². The van der Waals surface area contributed by atoms with Crippen molar-refractivity contribution in [3.8, 4) is 0 Å². The van der Waals surface area contributed by atoms with Gasteiger partial charge in [-0.3, -0.25) is 9.59 Å². The normalized spacial score (nSPS) is 40.5. The van der Waals surface area contributed by atoms with Crippen molar-refractivity contribution in [2.24, 2.45) is 22.7 Å². The highest BCUT2D eigenvalue weighted by molar-refractivity contribution is 7.99. The average Bonchev–Trinajstić information content (AvgIpc) is 3.51. The second kappa shape index (κ2) is 10.4. The zero-order valence-electron chi connectivity index (χ0n) is 25.1. The maximum absolute atomic E-state index is 17.6. The van der Waals surface area contributed by atoms with E-state index in [0.29, 0.717) is 24.8 Å². The second-order valence-electron chi connectivity index (χ2n) is 13.3. The lowest BCUT2D eigenvalue weighted by Crippen LogP contribution is -2.69. The molecule has 2 aromatic carbocycles. The van der Waals surface area contributed by atoms with Gasteiger partial charge >= 0.3 is 0 Å². The Kier molecular flexibility index (Phi) is 7.03. The van der Waals surface area contributed by atoms with E-state index in [9.17, 15) is 19.8 Å². The minimum Gasteiger partial charge on any atom is -0.390 e. The van der Waals surface area contributed by atoms with Crippen molar-refractivity contribution in [2.75, 3.05) is 19.0 Å². The minimum atomic E-state index is -2.03. The van der Waals surface area contributed by atoms with Crippen LogP contribution in [-0.2, 0) is 19.1 Å². The molecule has 7 rings (SSSR count). The number of benzene rings is 2. The molecule has 9 atom stereocenters. The first-order valence-electron chi connectivity index (χ1n) is 15.3. The fourth-order valence-corrected chi connectivity index (χ4v) is 10.1. The van der Waals surface area contributed by atoms with E-state index in [1.807, 2.05) is 56.4 Å². The van der Waals surface area contributed by atoms with E-state index in [1.54, 1.807) is 24.8 Å². The molecule has 0 amide bonds. The molecule has 7 nitrogen and oxygen atoms in total. The van der Waals surface area contributed by atoms with Gasteiger partial charge < -0.3 is 25.0 Å². The molecule has 44 heavy (non-hydrogen) atoms. The Morgan fingerprint density at radius 1 is 1.14 bits per heavy atom. The first-order valence-corrected chi connectivity index (χ1v) is 16.2. The summed E-state index contributed by atoms with van der Waals surface area (Å²) >= 11 is 1.63. The molecule has 0 aromatic heterocycles. The largest absolute Gasteiger partial charge is 0.390 e. The van der Waals surface area contributed by atoms with Gasteiger partial charge in [0.2, 0.25) is 0 Å². The van der Waals surface area contributed by atoms with E-state index in [-0.39, 0.29) is 18.1 Å². The highest BCUT2D eigenvalue weighted by Crippen LogP contribution is 2.72. The molecule has 5 aliphatic rings. The van der Waals surface area contributed by atoms with Crippen molar-refractivity contribution < 1.29 is 33.7 Å². The van der Waals surface area contributed by atoms with E-state index >= 15 is 4.39 Å². The zero-order valence-corrected chi connectivity index (χ0v) is 25.9. The Hall–Kier alpha value is -2.82. The molecule has 9 heteroatoms. The molecular weight excluding hydrogens is 581 g/mol.